The van der Waals surface area contributed by atoms with Gasteiger partial charge in [0, 0.05) is 25.5 Å². The van der Waals surface area contributed by atoms with E-state index < -0.39 is 0 Å². The van der Waals surface area contributed by atoms with Gasteiger partial charge in [-0.3, -0.25) is 4.79 Å². The van der Waals surface area contributed by atoms with Gasteiger partial charge in [0.15, 0.2) is 0 Å². The van der Waals surface area contributed by atoms with Crippen LogP contribution < -0.4 is 0 Å². The van der Waals surface area contributed by atoms with Crippen molar-refractivity contribution in [2.75, 3.05) is 0 Å². The smallest absolute Gasteiger partial charge is 0.257 e. The fourth-order valence-electron chi connectivity index (χ4n) is 2.07. The standard InChI is InChI=1S/C13H11N3O/c17-13(12-5-14-9-15-6-12)16-7-10-3-1-2-4-11(10)8-16/h1-6,9H,7-8H2. The summed E-state index contributed by atoms with van der Waals surface area (Å²) in [5.41, 5.74) is 2.98. The van der Waals surface area contributed by atoms with Gasteiger partial charge in [-0.2, -0.15) is 0 Å². The lowest BCUT2D eigenvalue weighted by atomic mass is 10.1. The molecule has 17 heavy (non-hydrogen) atoms. The number of nitrogens with zero attached hydrogens (tertiary/aromatic N) is 3. The lowest BCUT2D eigenvalue weighted by Gasteiger charge is -2.14. The molecular weight excluding hydrogens is 214 g/mol. The average molecular weight is 225 g/mol. The maximum atomic E-state index is 12.2. The Hall–Kier alpha value is -2.23. The molecule has 1 aliphatic heterocycles. The van der Waals surface area contributed by atoms with Gasteiger partial charge < -0.3 is 4.90 Å². The van der Waals surface area contributed by atoms with Crippen LogP contribution in [0.3, 0.4) is 0 Å². The maximum absolute atomic E-state index is 12.2. The van der Waals surface area contributed by atoms with Crippen molar-refractivity contribution in [3.63, 3.8) is 0 Å². The minimum Gasteiger partial charge on any atom is -0.330 e. The van der Waals surface area contributed by atoms with Crippen molar-refractivity contribution in [1.29, 1.82) is 0 Å². The molecule has 84 valence electrons. The van der Waals surface area contributed by atoms with Crippen LogP contribution >= 0.6 is 0 Å². The summed E-state index contributed by atoms with van der Waals surface area (Å²) < 4.78 is 0. The molecule has 0 atom stereocenters. The Morgan fingerprint density at radius 3 is 2.24 bits per heavy atom. The quantitative estimate of drug-likeness (QED) is 0.741. The Morgan fingerprint density at radius 1 is 1.06 bits per heavy atom. The van der Waals surface area contributed by atoms with E-state index in [4.69, 9.17) is 0 Å². The van der Waals surface area contributed by atoms with Crippen LogP contribution in [0, 0.1) is 0 Å². The lowest BCUT2D eigenvalue weighted by Crippen LogP contribution is -2.25. The van der Waals surface area contributed by atoms with E-state index >= 15 is 0 Å². The monoisotopic (exact) mass is 225 g/mol. The third-order valence-corrected chi connectivity index (χ3v) is 2.94. The number of rotatable bonds is 1. The first-order valence-electron chi connectivity index (χ1n) is 5.45. The zero-order valence-electron chi connectivity index (χ0n) is 9.21. The zero-order chi connectivity index (χ0) is 11.7. The van der Waals surface area contributed by atoms with Crippen molar-refractivity contribution in [3.05, 3.63) is 59.7 Å². The normalized spacial score (nSPS) is 13.5. The zero-order valence-corrected chi connectivity index (χ0v) is 9.21. The van der Waals surface area contributed by atoms with E-state index in [9.17, 15) is 4.79 Å². The number of hydrogen-bond donors (Lipinski definition) is 0. The summed E-state index contributed by atoms with van der Waals surface area (Å²) in [6.45, 7) is 1.34. The van der Waals surface area contributed by atoms with E-state index in [1.54, 1.807) is 12.4 Å². The summed E-state index contributed by atoms with van der Waals surface area (Å²) in [7, 11) is 0. The molecule has 0 saturated heterocycles. The maximum Gasteiger partial charge on any atom is 0.257 e. The van der Waals surface area contributed by atoms with Gasteiger partial charge in [0.1, 0.15) is 6.33 Å². The van der Waals surface area contributed by atoms with Crippen molar-refractivity contribution in [3.8, 4) is 0 Å². The molecule has 0 N–H and O–H groups in total. The molecule has 2 aromatic rings. The first kappa shape index (κ1) is 9.96. The molecule has 1 aromatic carbocycles. The Kier molecular flexibility index (Phi) is 2.33. The van der Waals surface area contributed by atoms with Crippen molar-refractivity contribution in [2.24, 2.45) is 0 Å². The third kappa shape index (κ3) is 1.78. The number of hydrogen-bond acceptors (Lipinski definition) is 3. The lowest BCUT2D eigenvalue weighted by molar-refractivity contribution is 0.0750. The summed E-state index contributed by atoms with van der Waals surface area (Å²) in [6, 6.07) is 8.12. The summed E-state index contributed by atoms with van der Waals surface area (Å²) >= 11 is 0. The number of carbonyl (C=O) groups is 1. The molecule has 0 saturated carbocycles. The van der Waals surface area contributed by atoms with Crippen molar-refractivity contribution >= 4 is 5.91 Å². The highest BCUT2D eigenvalue weighted by Crippen LogP contribution is 2.23. The largest absolute Gasteiger partial charge is 0.330 e. The summed E-state index contributed by atoms with van der Waals surface area (Å²) in [6.07, 6.45) is 4.53. The molecular formula is C13H11N3O. The predicted molar refractivity (Wildman–Crippen MR) is 62.1 cm³/mol. The Morgan fingerprint density at radius 2 is 1.65 bits per heavy atom. The van der Waals surface area contributed by atoms with Crippen LogP contribution in [0.1, 0.15) is 21.5 Å². The molecule has 0 aliphatic carbocycles. The molecule has 2 heterocycles. The highest BCUT2D eigenvalue weighted by atomic mass is 16.2. The van der Waals surface area contributed by atoms with Gasteiger partial charge in [0.2, 0.25) is 0 Å². The third-order valence-electron chi connectivity index (χ3n) is 2.94. The van der Waals surface area contributed by atoms with Crippen LogP contribution in [0.4, 0.5) is 0 Å². The molecule has 0 unspecified atom stereocenters. The first-order chi connectivity index (χ1) is 8.34. The van der Waals surface area contributed by atoms with E-state index in [2.05, 4.69) is 22.1 Å². The average Bonchev–Trinajstić information content (AvgIpc) is 2.82. The minimum absolute atomic E-state index is 0.0122. The number of aromatic nitrogens is 2. The van der Waals surface area contributed by atoms with E-state index in [0.717, 1.165) is 0 Å². The second-order valence-corrected chi connectivity index (χ2v) is 4.06. The van der Waals surface area contributed by atoms with Gasteiger partial charge in [-0.05, 0) is 11.1 Å². The fourth-order valence-corrected chi connectivity index (χ4v) is 2.07. The molecule has 0 spiro atoms. The Bertz CT molecular complexity index is 529. The number of carbonyl (C=O) groups excluding carboxylic acids is 1. The van der Waals surface area contributed by atoms with Crippen LogP contribution in [0.25, 0.3) is 0 Å². The van der Waals surface area contributed by atoms with Crippen LogP contribution in [0.2, 0.25) is 0 Å². The summed E-state index contributed by atoms with van der Waals surface area (Å²) in [5.74, 6) is -0.0122. The number of fused-ring (bicyclic) bond motifs is 1. The van der Waals surface area contributed by atoms with Gasteiger partial charge in [0.25, 0.3) is 5.91 Å². The molecule has 0 fully saturated rings. The fraction of sp³-hybridized carbons (Fsp3) is 0.154. The van der Waals surface area contributed by atoms with E-state index in [-0.39, 0.29) is 5.91 Å². The SMILES string of the molecule is O=C(c1cncnc1)N1Cc2ccccc2C1. The predicted octanol–water partition coefficient (Wildman–Crippen LogP) is 1.63. The van der Waals surface area contributed by atoms with Crippen molar-refractivity contribution < 1.29 is 4.79 Å². The van der Waals surface area contributed by atoms with E-state index in [0.29, 0.717) is 18.7 Å². The molecule has 1 aliphatic rings. The molecule has 3 rings (SSSR count). The van der Waals surface area contributed by atoms with Crippen LogP contribution in [0.5, 0.6) is 0 Å². The second-order valence-electron chi connectivity index (χ2n) is 4.06. The Labute approximate surface area is 98.9 Å². The van der Waals surface area contributed by atoms with Crippen molar-refractivity contribution in [2.45, 2.75) is 13.1 Å². The van der Waals surface area contributed by atoms with Crippen LogP contribution in [0.15, 0.2) is 43.0 Å². The highest BCUT2D eigenvalue weighted by molar-refractivity contribution is 5.93. The molecule has 0 radical (unpaired) electrons. The van der Waals surface area contributed by atoms with Crippen LogP contribution in [-0.2, 0) is 13.1 Å². The highest BCUT2D eigenvalue weighted by Gasteiger charge is 2.23. The number of amides is 1. The molecule has 1 aromatic heterocycles. The van der Waals surface area contributed by atoms with Crippen molar-refractivity contribution in [1.82, 2.24) is 14.9 Å². The summed E-state index contributed by atoms with van der Waals surface area (Å²) in [5, 5.41) is 0. The summed E-state index contributed by atoms with van der Waals surface area (Å²) in [4.78, 5) is 21.7. The molecule has 0 bridgehead atoms. The second kappa shape index (κ2) is 3.97. The molecule has 4 nitrogen and oxygen atoms in total. The van der Waals surface area contributed by atoms with Gasteiger partial charge in [-0.15, -0.1) is 0 Å². The van der Waals surface area contributed by atoms with E-state index in [1.807, 2.05) is 17.0 Å². The topological polar surface area (TPSA) is 46.1 Å². The molecule has 4 heteroatoms. The van der Waals surface area contributed by atoms with Gasteiger partial charge >= 0.3 is 0 Å². The van der Waals surface area contributed by atoms with Gasteiger partial charge in [-0.25, -0.2) is 9.97 Å². The minimum atomic E-state index is -0.0122. The Balaban J connectivity index is 1.84. The van der Waals surface area contributed by atoms with Gasteiger partial charge in [0.05, 0.1) is 5.56 Å². The van der Waals surface area contributed by atoms with Crippen LogP contribution in [-0.4, -0.2) is 20.8 Å². The number of benzene rings is 1. The molecule has 1 amide bonds. The van der Waals surface area contributed by atoms with E-state index in [1.165, 1.54) is 17.5 Å². The van der Waals surface area contributed by atoms with Gasteiger partial charge in [-0.1, -0.05) is 24.3 Å². The first-order valence-corrected chi connectivity index (χ1v) is 5.45.